The van der Waals surface area contributed by atoms with Crippen LogP contribution in [0.25, 0.3) is 0 Å². The van der Waals surface area contributed by atoms with Crippen molar-refractivity contribution in [2.75, 3.05) is 6.54 Å². The molecule has 3 atom stereocenters. The zero-order valence-corrected chi connectivity index (χ0v) is 18.5. The van der Waals surface area contributed by atoms with Gasteiger partial charge in [0.1, 0.15) is 17.1 Å². The first kappa shape index (κ1) is 21.2. The summed E-state index contributed by atoms with van der Waals surface area (Å²) in [6.07, 6.45) is 8.74. The maximum Gasteiger partial charge on any atom is 0.127 e. The first-order chi connectivity index (χ1) is 13.2. The number of benzene rings is 1. The maximum absolute atomic E-state index is 11.1. The van der Waals surface area contributed by atoms with Crippen LogP contribution in [0, 0.1) is 5.92 Å². The van der Waals surface area contributed by atoms with Crippen molar-refractivity contribution in [2.45, 2.75) is 96.1 Å². The van der Waals surface area contributed by atoms with Gasteiger partial charge in [-0.05, 0) is 68.6 Å². The minimum absolute atomic E-state index is 0.0352. The Kier molecular flexibility index (Phi) is 6.14. The number of phenolic OH excluding ortho intramolecular Hbond substituents is 1. The maximum atomic E-state index is 11.1. The van der Waals surface area contributed by atoms with E-state index >= 15 is 0 Å². The summed E-state index contributed by atoms with van der Waals surface area (Å²) < 4.78 is 6.53. The number of hydrogen-bond acceptors (Lipinski definition) is 3. The van der Waals surface area contributed by atoms with Gasteiger partial charge in [0.15, 0.2) is 0 Å². The van der Waals surface area contributed by atoms with E-state index < -0.39 is 0 Å². The topological polar surface area (TPSA) is 41.5 Å². The highest BCUT2D eigenvalue weighted by Crippen LogP contribution is 2.55. The van der Waals surface area contributed by atoms with Gasteiger partial charge in [0.2, 0.25) is 0 Å². The van der Waals surface area contributed by atoms with Crippen LogP contribution in [0.5, 0.6) is 11.5 Å². The van der Waals surface area contributed by atoms with E-state index in [0.717, 1.165) is 43.5 Å². The average Bonchev–Trinajstić information content (AvgIpc) is 2.63. The van der Waals surface area contributed by atoms with Gasteiger partial charge in [-0.25, -0.2) is 0 Å². The summed E-state index contributed by atoms with van der Waals surface area (Å²) in [7, 11) is 0. The van der Waals surface area contributed by atoms with Crippen LogP contribution in [-0.4, -0.2) is 23.3 Å². The molecule has 28 heavy (non-hydrogen) atoms. The van der Waals surface area contributed by atoms with Gasteiger partial charge in [0, 0.05) is 24.1 Å². The van der Waals surface area contributed by atoms with Crippen molar-refractivity contribution >= 4 is 0 Å². The molecule has 3 heteroatoms. The second-order valence-corrected chi connectivity index (χ2v) is 10.0. The smallest absolute Gasteiger partial charge is 0.127 e. The average molecular weight is 386 g/mol. The van der Waals surface area contributed by atoms with Gasteiger partial charge in [-0.1, -0.05) is 39.7 Å². The van der Waals surface area contributed by atoms with Crippen LogP contribution in [0.15, 0.2) is 24.8 Å². The summed E-state index contributed by atoms with van der Waals surface area (Å²) in [6.45, 7) is 15.9. The number of phenols is 1. The molecule has 1 unspecified atom stereocenters. The van der Waals surface area contributed by atoms with E-state index in [9.17, 15) is 5.11 Å². The predicted octanol–water partition coefficient (Wildman–Crippen LogP) is 6.06. The van der Waals surface area contributed by atoms with Crippen molar-refractivity contribution < 1.29 is 9.84 Å². The molecule has 1 aromatic rings. The lowest BCUT2D eigenvalue weighted by molar-refractivity contribution is -0.0120. The van der Waals surface area contributed by atoms with Crippen LogP contribution in [0.1, 0.15) is 90.2 Å². The number of unbranched alkanes of at least 4 members (excludes halogenated alkanes) is 1. The number of ether oxygens (including phenoxy) is 1. The highest BCUT2D eigenvalue weighted by atomic mass is 16.5. The summed E-state index contributed by atoms with van der Waals surface area (Å²) in [5.41, 5.74) is 2.04. The molecule has 0 aromatic heterocycles. The summed E-state index contributed by atoms with van der Waals surface area (Å²) in [5, 5.41) is 14.7. The number of hydrogen-bond donors (Lipinski definition) is 2. The Bertz CT molecular complexity index is 707. The third-order valence-corrected chi connectivity index (χ3v) is 7.09. The van der Waals surface area contributed by atoms with Crippen molar-refractivity contribution in [1.82, 2.24) is 5.32 Å². The molecule has 1 aliphatic carbocycles. The van der Waals surface area contributed by atoms with Crippen molar-refractivity contribution in [3.63, 3.8) is 0 Å². The molecule has 1 aromatic carbocycles. The molecule has 156 valence electrons. The molecule has 1 fully saturated rings. The standard InChI is InChI=1S/C25H39NO2/c1-7-9-12-24(3,4)17-14-21(27)23-19-16-18(26-13-8-2)10-11-20(19)25(5,6)28-22(23)15-17/h8,14-15,18-20,26-27H,2,7,9-13,16H2,1,3-6H3/t18?,19-,20+/m1/s1. The molecular formula is C25H39NO2. The Labute approximate surface area is 171 Å². The number of rotatable bonds is 7. The van der Waals surface area contributed by atoms with Crippen LogP contribution in [-0.2, 0) is 5.41 Å². The van der Waals surface area contributed by atoms with Crippen molar-refractivity contribution in [3.05, 3.63) is 35.9 Å². The lowest BCUT2D eigenvalue weighted by atomic mass is 9.65. The molecule has 1 heterocycles. The second-order valence-electron chi connectivity index (χ2n) is 10.0. The first-order valence-corrected chi connectivity index (χ1v) is 11.1. The summed E-state index contributed by atoms with van der Waals surface area (Å²) in [4.78, 5) is 0. The fraction of sp³-hybridized carbons (Fsp3) is 0.680. The number of aromatic hydroxyl groups is 1. The Morgan fingerprint density at radius 1 is 1.32 bits per heavy atom. The Morgan fingerprint density at radius 3 is 2.75 bits per heavy atom. The molecule has 1 saturated carbocycles. The molecule has 2 N–H and O–H groups in total. The van der Waals surface area contributed by atoms with Crippen LogP contribution in [0.2, 0.25) is 0 Å². The van der Waals surface area contributed by atoms with Gasteiger partial charge in [-0.3, -0.25) is 0 Å². The first-order valence-electron chi connectivity index (χ1n) is 11.1. The van der Waals surface area contributed by atoms with Gasteiger partial charge in [-0.15, -0.1) is 6.58 Å². The molecule has 0 radical (unpaired) electrons. The van der Waals surface area contributed by atoms with Crippen LogP contribution in [0.3, 0.4) is 0 Å². The summed E-state index contributed by atoms with van der Waals surface area (Å²) in [6, 6.07) is 4.69. The Morgan fingerprint density at radius 2 is 2.07 bits per heavy atom. The lowest BCUT2D eigenvalue weighted by Crippen LogP contribution is -2.49. The van der Waals surface area contributed by atoms with Gasteiger partial charge >= 0.3 is 0 Å². The summed E-state index contributed by atoms with van der Waals surface area (Å²) in [5.74, 6) is 2.09. The van der Waals surface area contributed by atoms with Crippen molar-refractivity contribution in [2.24, 2.45) is 5.92 Å². The Hall–Kier alpha value is -1.48. The minimum atomic E-state index is -0.209. The third kappa shape index (κ3) is 4.10. The van der Waals surface area contributed by atoms with Crippen LogP contribution < -0.4 is 10.1 Å². The molecule has 0 bridgehead atoms. The van der Waals surface area contributed by atoms with Crippen LogP contribution in [0.4, 0.5) is 0 Å². The normalized spacial score (nSPS) is 26.1. The van der Waals surface area contributed by atoms with E-state index in [1.54, 1.807) is 0 Å². The highest BCUT2D eigenvalue weighted by molar-refractivity contribution is 5.53. The van der Waals surface area contributed by atoms with E-state index in [-0.39, 0.29) is 11.0 Å². The summed E-state index contributed by atoms with van der Waals surface area (Å²) >= 11 is 0. The minimum Gasteiger partial charge on any atom is -0.508 e. The fourth-order valence-corrected chi connectivity index (χ4v) is 5.34. The molecule has 0 amide bonds. The molecule has 1 aliphatic heterocycles. The largest absolute Gasteiger partial charge is 0.508 e. The van der Waals surface area contributed by atoms with E-state index in [0.29, 0.717) is 23.6 Å². The fourth-order valence-electron chi connectivity index (χ4n) is 5.34. The van der Waals surface area contributed by atoms with Gasteiger partial charge in [0.05, 0.1) is 0 Å². The molecule has 3 nitrogen and oxygen atoms in total. The SMILES string of the molecule is C=CCNC1CC[C@H]2[C@@H](C1)c1c(O)cc(C(C)(C)CCCC)cc1OC2(C)C. The molecule has 2 aliphatic rings. The Balaban J connectivity index is 1.96. The van der Waals surface area contributed by atoms with Gasteiger partial charge in [0.25, 0.3) is 0 Å². The monoisotopic (exact) mass is 385 g/mol. The molecular weight excluding hydrogens is 346 g/mol. The van der Waals surface area contributed by atoms with Gasteiger partial charge in [-0.2, -0.15) is 0 Å². The van der Waals surface area contributed by atoms with E-state index in [2.05, 4.69) is 52.6 Å². The molecule has 0 saturated heterocycles. The van der Waals surface area contributed by atoms with Gasteiger partial charge < -0.3 is 15.2 Å². The molecule has 3 rings (SSSR count). The second kappa shape index (κ2) is 8.10. The molecule has 0 spiro atoms. The van der Waals surface area contributed by atoms with E-state index in [1.165, 1.54) is 18.4 Å². The van der Waals surface area contributed by atoms with E-state index in [1.807, 2.05) is 12.1 Å². The highest BCUT2D eigenvalue weighted by Gasteiger charge is 2.47. The third-order valence-electron chi connectivity index (χ3n) is 7.09. The van der Waals surface area contributed by atoms with Crippen molar-refractivity contribution in [1.29, 1.82) is 0 Å². The zero-order chi connectivity index (χ0) is 20.5. The number of nitrogens with one attached hydrogen (secondary N) is 1. The lowest BCUT2D eigenvalue weighted by Gasteiger charge is -2.49. The number of fused-ring (bicyclic) bond motifs is 3. The van der Waals surface area contributed by atoms with E-state index in [4.69, 9.17) is 4.74 Å². The predicted molar refractivity (Wildman–Crippen MR) is 117 cm³/mol. The van der Waals surface area contributed by atoms with Crippen LogP contribution >= 0.6 is 0 Å². The zero-order valence-electron chi connectivity index (χ0n) is 18.5. The quantitative estimate of drug-likeness (QED) is 0.561. The van der Waals surface area contributed by atoms with Crippen molar-refractivity contribution in [3.8, 4) is 11.5 Å².